The Kier molecular flexibility index (Phi) is 4.37. The molecular weight excluding hydrogens is 302 g/mol. The molecule has 0 aromatic carbocycles. The van der Waals surface area contributed by atoms with Crippen LogP contribution in [0.3, 0.4) is 0 Å². The van der Waals surface area contributed by atoms with Crippen LogP contribution >= 0.6 is 23.5 Å². The van der Waals surface area contributed by atoms with Gasteiger partial charge >= 0.3 is 0 Å². The zero-order chi connectivity index (χ0) is 14.5. The quantitative estimate of drug-likeness (QED) is 0.546. The number of hydrogen-bond donors (Lipinski definition) is 0. The first kappa shape index (κ1) is 13.9. The number of rotatable bonds is 4. The summed E-state index contributed by atoms with van der Waals surface area (Å²) in [5, 5.41) is 13.5. The van der Waals surface area contributed by atoms with Gasteiger partial charge in [0.2, 0.25) is 0 Å². The highest BCUT2D eigenvalue weighted by atomic mass is 32.2. The van der Waals surface area contributed by atoms with Crippen LogP contribution in [0.5, 0.6) is 0 Å². The standard InChI is InChI=1S/C15H11N3OS2/c19-18-10-4-6-13(20-12-5-3-8-16-11-12)15(18)21-14-7-1-2-9-17-14/h1-11H. The highest BCUT2D eigenvalue weighted by molar-refractivity contribution is 8.02. The number of pyridine rings is 3. The van der Waals surface area contributed by atoms with Crippen molar-refractivity contribution in [3.8, 4) is 0 Å². The van der Waals surface area contributed by atoms with E-state index >= 15 is 0 Å². The molecule has 4 nitrogen and oxygen atoms in total. The predicted molar refractivity (Wildman–Crippen MR) is 82.1 cm³/mol. The van der Waals surface area contributed by atoms with Gasteiger partial charge in [0.05, 0.1) is 4.90 Å². The van der Waals surface area contributed by atoms with Crippen molar-refractivity contribution in [2.75, 3.05) is 0 Å². The van der Waals surface area contributed by atoms with Gasteiger partial charge in [0, 0.05) is 41.3 Å². The fourth-order valence-electron chi connectivity index (χ4n) is 1.67. The van der Waals surface area contributed by atoms with Crippen molar-refractivity contribution in [1.82, 2.24) is 9.97 Å². The van der Waals surface area contributed by atoms with Crippen LogP contribution in [0.4, 0.5) is 0 Å². The topological polar surface area (TPSA) is 52.7 Å². The summed E-state index contributed by atoms with van der Waals surface area (Å²) in [7, 11) is 0. The lowest BCUT2D eigenvalue weighted by Gasteiger charge is -2.08. The number of nitrogens with zero attached hydrogens (tertiary/aromatic N) is 3. The molecule has 3 aromatic heterocycles. The zero-order valence-electron chi connectivity index (χ0n) is 10.9. The molecule has 0 N–H and O–H groups in total. The van der Waals surface area contributed by atoms with E-state index in [0.717, 1.165) is 19.5 Å². The maximum absolute atomic E-state index is 12.1. The lowest BCUT2D eigenvalue weighted by atomic mass is 10.5. The van der Waals surface area contributed by atoms with E-state index in [1.54, 1.807) is 24.7 Å². The molecule has 0 amide bonds. The second-order valence-corrected chi connectivity index (χ2v) is 6.19. The van der Waals surface area contributed by atoms with Crippen LogP contribution < -0.4 is 4.73 Å². The Hall–Kier alpha value is -2.05. The molecule has 3 aromatic rings. The smallest absolute Gasteiger partial charge is 0.271 e. The van der Waals surface area contributed by atoms with E-state index in [1.807, 2.05) is 36.4 Å². The van der Waals surface area contributed by atoms with Crippen molar-refractivity contribution in [3.63, 3.8) is 0 Å². The molecular formula is C15H11N3OS2. The Morgan fingerprint density at radius 1 is 0.952 bits per heavy atom. The number of aromatic nitrogens is 3. The van der Waals surface area contributed by atoms with E-state index in [9.17, 15) is 5.21 Å². The first-order valence-electron chi connectivity index (χ1n) is 6.22. The van der Waals surface area contributed by atoms with Crippen molar-refractivity contribution in [2.45, 2.75) is 19.8 Å². The van der Waals surface area contributed by atoms with Crippen molar-refractivity contribution >= 4 is 23.5 Å². The third-order valence-corrected chi connectivity index (χ3v) is 4.78. The maximum atomic E-state index is 12.1. The van der Waals surface area contributed by atoms with Crippen LogP contribution in [0.2, 0.25) is 0 Å². The van der Waals surface area contributed by atoms with Crippen LogP contribution in [0.15, 0.2) is 87.1 Å². The van der Waals surface area contributed by atoms with Crippen LogP contribution in [-0.2, 0) is 0 Å². The molecule has 0 aliphatic heterocycles. The fourth-order valence-corrected chi connectivity index (χ4v) is 3.54. The molecule has 21 heavy (non-hydrogen) atoms. The molecule has 0 aliphatic carbocycles. The summed E-state index contributed by atoms with van der Waals surface area (Å²) in [6.07, 6.45) is 6.72. The van der Waals surface area contributed by atoms with Gasteiger partial charge in [-0.25, -0.2) is 4.98 Å². The summed E-state index contributed by atoms with van der Waals surface area (Å²) in [5.41, 5.74) is 0. The Balaban J connectivity index is 1.92. The average molecular weight is 313 g/mol. The highest BCUT2D eigenvalue weighted by Gasteiger charge is 2.16. The zero-order valence-corrected chi connectivity index (χ0v) is 12.6. The van der Waals surface area contributed by atoms with Gasteiger partial charge in [-0.15, -0.1) is 0 Å². The highest BCUT2D eigenvalue weighted by Crippen LogP contribution is 2.35. The third-order valence-electron chi connectivity index (χ3n) is 2.58. The second-order valence-electron chi connectivity index (χ2n) is 4.06. The minimum atomic E-state index is 0.616. The molecule has 0 saturated heterocycles. The summed E-state index contributed by atoms with van der Waals surface area (Å²) in [5.74, 6) is 0. The van der Waals surface area contributed by atoms with Crippen LogP contribution in [0.1, 0.15) is 0 Å². The molecule has 0 atom stereocenters. The normalized spacial score (nSPS) is 10.5. The largest absolute Gasteiger partial charge is 0.618 e. The minimum Gasteiger partial charge on any atom is -0.618 e. The third kappa shape index (κ3) is 3.53. The summed E-state index contributed by atoms with van der Waals surface area (Å²) in [4.78, 5) is 10.2. The monoisotopic (exact) mass is 313 g/mol. The Bertz CT molecular complexity index is 723. The lowest BCUT2D eigenvalue weighted by Crippen LogP contribution is -2.28. The van der Waals surface area contributed by atoms with Crippen LogP contribution in [0.25, 0.3) is 0 Å². The fraction of sp³-hybridized carbons (Fsp3) is 0. The molecule has 0 saturated carbocycles. The van der Waals surface area contributed by atoms with Crippen LogP contribution in [0, 0.1) is 5.21 Å². The van der Waals surface area contributed by atoms with Gasteiger partial charge in [-0.3, -0.25) is 4.98 Å². The summed E-state index contributed by atoms with van der Waals surface area (Å²) in [6, 6.07) is 13.2. The molecule has 3 rings (SSSR count). The summed E-state index contributed by atoms with van der Waals surface area (Å²) in [6.45, 7) is 0. The number of hydrogen-bond acceptors (Lipinski definition) is 5. The van der Waals surface area contributed by atoms with Gasteiger partial charge in [-0.05, 0) is 30.3 Å². The molecule has 0 fully saturated rings. The SMILES string of the molecule is [O-][n+]1cccc(Sc2cccnc2)c1Sc1ccccn1. The van der Waals surface area contributed by atoms with E-state index in [0.29, 0.717) is 5.03 Å². The van der Waals surface area contributed by atoms with Crippen LogP contribution in [-0.4, -0.2) is 9.97 Å². The maximum Gasteiger partial charge on any atom is 0.271 e. The first-order chi connectivity index (χ1) is 10.3. The molecule has 104 valence electrons. The van der Waals surface area contributed by atoms with E-state index in [2.05, 4.69) is 9.97 Å². The van der Waals surface area contributed by atoms with Crippen molar-refractivity contribution in [1.29, 1.82) is 0 Å². The van der Waals surface area contributed by atoms with E-state index < -0.39 is 0 Å². The Labute approximate surface area is 130 Å². The molecule has 0 spiro atoms. The average Bonchev–Trinajstić information content (AvgIpc) is 2.53. The van der Waals surface area contributed by atoms with Gasteiger partial charge in [-0.1, -0.05) is 17.8 Å². The van der Waals surface area contributed by atoms with Gasteiger partial charge in [0.1, 0.15) is 5.03 Å². The molecule has 0 bridgehead atoms. The van der Waals surface area contributed by atoms with E-state index in [-0.39, 0.29) is 0 Å². The van der Waals surface area contributed by atoms with Crippen molar-refractivity contribution < 1.29 is 4.73 Å². The predicted octanol–water partition coefficient (Wildman–Crippen LogP) is 3.41. The van der Waals surface area contributed by atoms with E-state index in [4.69, 9.17) is 0 Å². The van der Waals surface area contributed by atoms with Gasteiger partial charge in [-0.2, -0.15) is 4.73 Å². The Morgan fingerprint density at radius 3 is 2.67 bits per heavy atom. The van der Waals surface area contributed by atoms with Gasteiger partial charge in [0.15, 0.2) is 6.20 Å². The van der Waals surface area contributed by atoms with Gasteiger partial charge in [0.25, 0.3) is 5.03 Å². The molecule has 3 heterocycles. The molecule has 0 aliphatic rings. The first-order valence-corrected chi connectivity index (χ1v) is 7.85. The molecule has 0 unspecified atom stereocenters. The summed E-state index contributed by atoms with van der Waals surface area (Å²) < 4.78 is 0.873. The lowest BCUT2D eigenvalue weighted by molar-refractivity contribution is -0.648. The van der Waals surface area contributed by atoms with Crippen molar-refractivity contribution in [3.05, 3.63) is 72.5 Å². The van der Waals surface area contributed by atoms with E-state index in [1.165, 1.54) is 29.7 Å². The van der Waals surface area contributed by atoms with Crippen molar-refractivity contribution in [2.24, 2.45) is 0 Å². The Morgan fingerprint density at radius 2 is 1.90 bits per heavy atom. The molecule has 0 radical (unpaired) electrons. The minimum absolute atomic E-state index is 0.616. The molecule has 6 heteroatoms. The second kappa shape index (κ2) is 6.60. The summed E-state index contributed by atoms with van der Waals surface area (Å²) >= 11 is 2.87. The van der Waals surface area contributed by atoms with Gasteiger partial charge < -0.3 is 5.21 Å².